The van der Waals surface area contributed by atoms with Crippen molar-refractivity contribution in [1.82, 2.24) is 0 Å². The lowest BCUT2D eigenvalue weighted by atomic mass is 9.88. The Kier molecular flexibility index (Phi) is 5.16. The maximum absolute atomic E-state index is 12.6. The summed E-state index contributed by atoms with van der Waals surface area (Å²) < 4.78 is 27.9. The van der Waals surface area contributed by atoms with Gasteiger partial charge in [-0.1, -0.05) is 33.6 Å². The van der Waals surface area contributed by atoms with Crippen LogP contribution in [-0.2, 0) is 9.09 Å². The minimum absolute atomic E-state index is 0.0756. The van der Waals surface area contributed by atoms with E-state index in [9.17, 15) is 8.76 Å². The highest BCUT2D eigenvalue weighted by atomic mass is 31.2. The van der Waals surface area contributed by atoms with E-state index in [4.69, 9.17) is 0 Å². The minimum atomic E-state index is -3.79. The molecule has 4 heteroatoms. The number of unbranched alkanes of at least 4 members (excludes halogenated alkanes) is 1. The molecule has 0 aliphatic heterocycles. The fourth-order valence-corrected chi connectivity index (χ4v) is 1.60. The molecule has 0 amide bonds. The highest BCUT2D eigenvalue weighted by Crippen LogP contribution is 2.45. The third-order valence-electron chi connectivity index (χ3n) is 1.89. The van der Waals surface area contributed by atoms with Crippen molar-refractivity contribution in [3.8, 4) is 0 Å². The van der Waals surface area contributed by atoms with Crippen LogP contribution in [-0.4, -0.2) is 13.3 Å². The lowest BCUT2D eigenvalue weighted by Gasteiger charge is -2.24. The van der Waals surface area contributed by atoms with E-state index in [1.807, 2.05) is 13.8 Å². The predicted molar refractivity (Wildman–Crippen MR) is 53.9 cm³/mol. The summed E-state index contributed by atoms with van der Waals surface area (Å²) in [6.45, 7) is 7.34. The van der Waals surface area contributed by atoms with Gasteiger partial charge in [-0.15, -0.1) is 0 Å². The molecule has 1 unspecified atom stereocenters. The van der Waals surface area contributed by atoms with Gasteiger partial charge in [-0.3, -0.25) is 4.57 Å². The largest absolute Gasteiger partial charge is 0.364 e. The molecule has 0 rings (SSSR count). The second-order valence-corrected chi connectivity index (χ2v) is 6.04. The standard InChI is InChI=1S/C9H20FO2P/c1-5-6-7-9(2,3)8-12-13(4,10)11/h5-8H2,1-4H3. The average molecular weight is 210 g/mol. The Hall–Kier alpha value is 0.120. The SMILES string of the molecule is CCCCC(C)(C)COP(C)(=O)F. The summed E-state index contributed by atoms with van der Waals surface area (Å²) in [6, 6.07) is 0. The Balaban J connectivity index is 3.82. The van der Waals surface area contributed by atoms with Gasteiger partial charge in [0.05, 0.1) is 6.61 Å². The summed E-state index contributed by atoms with van der Waals surface area (Å²) >= 11 is 0. The van der Waals surface area contributed by atoms with Crippen molar-refractivity contribution in [2.24, 2.45) is 5.41 Å². The zero-order valence-electron chi connectivity index (χ0n) is 8.97. The van der Waals surface area contributed by atoms with Crippen molar-refractivity contribution >= 4 is 7.68 Å². The molecule has 0 aliphatic rings. The molecule has 0 aliphatic carbocycles. The molecule has 1 atom stereocenters. The van der Waals surface area contributed by atoms with Crippen LogP contribution in [0.3, 0.4) is 0 Å². The Bertz CT molecular complexity index is 186. The highest BCUT2D eigenvalue weighted by molar-refractivity contribution is 7.52. The molecule has 0 radical (unpaired) electrons. The van der Waals surface area contributed by atoms with Crippen molar-refractivity contribution in [3.05, 3.63) is 0 Å². The van der Waals surface area contributed by atoms with Crippen molar-refractivity contribution in [2.45, 2.75) is 40.0 Å². The third-order valence-corrected chi connectivity index (χ3v) is 2.48. The van der Waals surface area contributed by atoms with Gasteiger partial charge in [0.15, 0.2) is 0 Å². The fraction of sp³-hybridized carbons (Fsp3) is 1.00. The molecular formula is C9H20FO2P. The van der Waals surface area contributed by atoms with E-state index in [1.54, 1.807) is 0 Å². The van der Waals surface area contributed by atoms with Crippen molar-refractivity contribution in [2.75, 3.05) is 13.3 Å². The van der Waals surface area contributed by atoms with Gasteiger partial charge in [-0.2, -0.15) is 4.20 Å². The fourth-order valence-electron chi connectivity index (χ4n) is 1.02. The molecule has 0 bridgehead atoms. The lowest BCUT2D eigenvalue weighted by Crippen LogP contribution is -2.17. The van der Waals surface area contributed by atoms with Crippen LogP contribution in [0, 0.1) is 5.41 Å². The number of hydrogen-bond acceptors (Lipinski definition) is 2. The van der Waals surface area contributed by atoms with Crippen LogP contribution < -0.4 is 0 Å². The van der Waals surface area contributed by atoms with Crippen LogP contribution in [0.2, 0.25) is 0 Å². The molecule has 2 nitrogen and oxygen atoms in total. The van der Waals surface area contributed by atoms with Gasteiger partial charge in [0.25, 0.3) is 0 Å². The third kappa shape index (κ3) is 8.45. The Morgan fingerprint density at radius 3 is 2.38 bits per heavy atom. The normalized spacial score (nSPS) is 17.0. The van der Waals surface area contributed by atoms with Gasteiger partial charge in [0.2, 0.25) is 0 Å². The van der Waals surface area contributed by atoms with Gasteiger partial charge >= 0.3 is 7.68 Å². The molecule has 13 heavy (non-hydrogen) atoms. The van der Waals surface area contributed by atoms with E-state index >= 15 is 0 Å². The van der Waals surface area contributed by atoms with Crippen LogP contribution >= 0.6 is 7.68 Å². The first kappa shape index (κ1) is 13.1. The number of halogens is 1. The number of hydrogen-bond donors (Lipinski definition) is 0. The molecule has 0 aromatic heterocycles. The highest BCUT2D eigenvalue weighted by Gasteiger charge is 2.22. The van der Waals surface area contributed by atoms with Crippen LogP contribution in [0.4, 0.5) is 4.20 Å². The molecule has 80 valence electrons. The quantitative estimate of drug-likeness (QED) is 0.619. The zero-order chi connectivity index (χ0) is 10.5. The van der Waals surface area contributed by atoms with E-state index in [0.29, 0.717) is 0 Å². The van der Waals surface area contributed by atoms with Gasteiger partial charge in [0.1, 0.15) is 0 Å². The Morgan fingerprint density at radius 1 is 1.46 bits per heavy atom. The second kappa shape index (κ2) is 5.11. The maximum atomic E-state index is 12.6. The number of rotatable bonds is 6. The molecule has 0 aromatic carbocycles. The Labute approximate surface area is 80.4 Å². The van der Waals surface area contributed by atoms with Crippen molar-refractivity contribution in [3.63, 3.8) is 0 Å². The summed E-state index contributed by atoms with van der Waals surface area (Å²) in [5, 5.41) is 0. The molecule has 0 fully saturated rings. The first-order valence-electron chi connectivity index (χ1n) is 4.68. The van der Waals surface area contributed by atoms with Crippen LogP contribution in [0.25, 0.3) is 0 Å². The van der Waals surface area contributed by atoms with Crippen molar-refractivity contribution in [1.29, 1.82) is 0 Å². The zero-order valence-corrected chi connectivity index (χ0v) is 9.86. The van der Waals surface area contributed by atoms with Gasteiger partial charge in [-0.05, 0) is 11.8 Å². The summed E-state index contributed by atoms with van der Waals surface area (Å²) in [6.07, 6.45) is 3.18. The second-order valence-electron chi connectivity index (χ2n) is 4.29. The van der Waals surface area contributed by atoms with Crippen molar-refractivity contribution < 1.29 is 13.3 Å². The molecule has 0 saturated carbocycles. The molecule has 0 saturated heterocycles. The van der Waals surface area contributed by atoms with E-state index < -0.39 is 7.68 Å². The maximum Gasteiger partial charge on any atom is 0.364 e. The first-order chi connectivity index (χ1) is 5.77. The van der Waals surface area contributed by atoms with Gasteiger partial charge < -0.3 is 4.52 Å². The van der Waals surface area contributed by atoms with E-state index in [1.165, 1.54) is 0 Å². The predicted octanol–water partition coefficient (Wildman–Crippen LogP) is 4.01. The molecule has 0 aromatic rings. The van der Waals surface area contributed by atoms with E-state index in [2.05, 4.69) is 11.4 Å². The summed E-state index contributed by atoms with van der Waals surface area (Å²) in [7, 11) is -3.79. The van der Waals surface area contributed by atoms with E-state index in [-0.39, 0.29) is 12.0 Å². The smallest absolute Gasteiger partial charge is 0.305 e. The molecule has 0 spiro atoms. The van der Waals surface area contributed by atoms with E-state index in [0.717, 1.165) is 25.9 Å². The average Bonchev–Trinajstić information content (AvgIpc) is 1.97. The summed E-state index contributed by atoms with van der Waals surface area (Å²) in [5.74, 6) is 0. The van der Waals surface area contributed by atoms with Crippen LogP contribution in [0.15, 0.2) is 0 Å². The first-order valence-corrected chi connectivity index (χ1v) is 6.65. The molecule has 0 N–H and O–H groups in total. The van der Waals surface area contributed by atoms with Gasteiger partial charge in [-0.25, -0.2) is 0 Å². The van der Waals surface area contributed by atoms with Gasteiger partial charge in [0, 0.05) is 6.66 Å². The molecule has 0 heterocycles. The molecular weight excluding hydrogens is 190 g/mol. The summed E-state index contributed by atoms with van der Waals surface area (Å²) in [4.78, 5) is 0. The monoisotopic (exact) mass is 210 g/mol. The topological polar surface area (TPSA) is 26.3 Å². The van der Waals surface area contributed by atoms with Crippen LogP contribution in [0.1, 0.15) is 40.0 Å². The summed E-state index contributed by atoms with van der Waals surface area (Å²) in [5.41, 5.74) is -0.0756. The Morgan fingerprint density at radius 2 is 2.00 bits per heavy atom. The van der Waals surface area contributed by atoms with Crippen LogP contribution in [0.5, 0.6) is 0 Å². The lowest BCUT2D eigenvalue weighted by molar-refractivity contribution is 0.160. The minimum Gasteiger partial charge on any atom is -0.305 e.